The number of nitrogens with zero attached hydrogens (tertiary/aromatic N) is 3. The molecule has 0 radical (unpaired) electrons. The highest BCUT2D eigenvalue weighted by Gasteiger charge is 2.54. The second-order valence-corrected chi connectivity index (χ2v) is 11.6. The van der Waals surface area contributed by atoms with Gasteiger partial charge in [0.25, 0.3) is 0 Å². The van der Waals surface area contributed by atoms with Crippen LogP contribution in [0.4, 0.5) is 0 Å². The van der Waals surface area contributed by atoms with Crippen LogP contribution in [-0.2, 0) is 4.79 Å². The van der Waals surface area contributed by atoms with Crippen LogP contribution in [0, 0.1) is 23.2 Å². The Labute approximate surface area is 223 Å². The van der Waals surface area contributed by atoms with Gasteiger partial charge in [-0.1, -0.05) is 72.8 Å². The van der Waals surface area contributed by atoms with Gasteiger partial charge in [0.15, 0.2) is 0 Å². The summed E-state index contributed by atoms with van der Waals surface area (Å²) in [6, 6.07) is 28.9. The van der Waals surface area contributed by atoms with Gasteiger partial charge in [0, 0.05) is 17.3 Å². The Bertz CT molecular complexity index is 1440. The first-order valence-electron chi connectivity index (χ1n) is 13.8. The van der Waals surface area contributed by atoms with Crippen LogP contribution in [0.3, 0.4) is 0 Å². The Kier molecular flexibility index (Phi) is 5.72. The topological polar surface area (TPSA) is 59.3 Å². The number of benzene rings is 3. The van der Waals surface area contributed by atoms with Crippen molar-refractivity contribution in [3.05, 3.63) is 96.7 Å². The minimum Gasteiger partial charge on any atom is -0.273 e. The van der Waals surface area contributed by atoms with E-state index in [4.69, 9.17) is 5.10 Å². The molecule has 0 spiro atoms. The number of hydrogen-bond donors (Lipinski definition) is 1. The van der Waals surface area contributed by atoms with Crippen molar-refractivity contribution in [3.63, 3.8) is 0 Å². The number of hydrazone groups is 1. The maximum Gasteiger partial charge on any atom is 0.246 e. The molecule has 4 fully saturated rings. The van der Waals surface area contributed by atoms with Gasteiger partial charge in [-0.2, -0.15) is 10.2 Å². The van der Waals surface area contributed by atoms with Crippen LogP contribution in [0.15, 0.2) is 96.2 Å². The van der Waals surface area contributed by atoms with Gasteiger partial charge in [-0.05, 0) is 79.5 Å². The molecule has 4 bridgehead atoms. The first kappa shape index (κ1) is 23.2. The molecule has 4 saturated carbocycles. The van der Waals surface area contributed by atoms with E-state index < -0.39 is 0 Å². The third-order valence-corrected chi connectivity index (χ3v) is 8.92. The molecule has 0 aliphatic heterocycles. The highest BCUT2D eigenvalue weighted by atomic mass is 16.2. The van der Waals surface area contributed by atoms with E-state index in [1.54, 1.807) is 6.21 Å². The third kappa shape index (κ3) is 4.26. The van der Waals surface area contributed by atoms with Crippen molar-refractivity contribution in [2.75, 3.05) is 0 Å². The van der Waals surface area contributed by atoms with E-state index in [-0.39, 0.29) is 11.3 Å². The van der Waals surface area contributed by atoms with Crippen molar-refractivity contribution in [1.29, 1.82) is 0 Å². The van der Waals surface area contributed by atoms with Gasteiger partial charge in [-0.25, -0.2) is 10.1 Å². The predicted octanol–water partition coefficient (Wildman–Crippen LogP) is 6.87. The summed E-state index contributed by atoms with van der Waals surface area (Å²) in [5.74, 6) is 2.29. The minimum atomic E-state index is -0.212. The van der Waals surface area contributed by atoms with Crippen LogP contribution in [-0.4, -0.2) is 21.9 Å². The van der Waals surface area contributed by atoms with Crippen LogP contribution in [0.2, 0.25) is 0 Å². The summed E-state index contributed by atoms with van der Waals surface area (Å²) in [6.45, 7) is 0. The molecule has 190 valence electrons. The van der Waals surface area contributed by atoms with Crippen molar-refractivity contribution in [2.45, 2.75) is 38.5 Å². The normalized spacial score (nSPS) is 25.6. The van der Waals surface area contributed by atoms with Crippen LogP contribution >= 0.6 is 0 Å². The number of amides is 1. The van der Waals surface area contributed by atoms with Crippen molar-refractivity contribution in [1.82, 2.24) is 15.2 Å². The zero-order chi connectivity index (χ0) is 25.5. The van der Waals surface area contributed by atoms with Crippen molar-refractivity contribution in [2.24, 2.45) is 28.3 Å². The molecular weight excluding hydrogens is 468 g/mol. The number of carbonyl (C=O) groups excluding carboxylic acids is 1. The van der Waals surface area contributed by atoms with E-state index in [1.807, 2.05) is 47.3 Å². The van der Waals surface area contributed by atoms with Crippen LogP contribution < -0.4 is 5.43 Å². The van der Waals surface area contributed by atoms with Gasteiger partial charge in [0.1, 0.15) is 5.69 Å². The lowest BCUT2D eigenvalue weighted by molar-refractivity contribution is -0.146. The molecule has 38 heavy (non-hydrogen) atoms. The summed E-state index contributed by atoms with van der Waals surface area (Å²) >= 11 is 0. The Morgan fingerprint density at radius 2 is 1.34 bits per heavy atom. The van der Waals surface area contributed by atoms with Crippen molar-refractivity contribution >= 4 is 12.1 Å². The van der Waals surface area contributed by atoms with Gasteiger partial charge in [0.2, 0.25) is 5.91 Å². The Balaban J connectivity index is 1.16. The first-order valence-corrected chi connectivity index (χ1v) is 13.8. The van der Waals surface area contributed by atoms with Crippen molar-refractivity contribution in [3.8, 4) is 28.1 Å². The molecule has 5 heteroatoms. The Hall–Kier alpha value is -3.99. The minimum absolute atomic E-state index is 0.108. The van der Waals surface area contributed by atoms with Crippen molar-refractivity contribution < 1.29 is 4.79 Å². The van der Waals surface area contributed by atoms with E-state index >= 15 is 0 Å². The van der Waals surface area contributed by atoms with Gasteiger partial charge >= 0.3 is 0 Å². The molecule has 4 aliphatic rings. The second kappa shape index (κ2) is 9.39. The van der Waals surface area contributed by atoms with E-state index in [1.165, 1.54) is 24.8 Å². The fraction of sp³-hybridized carbons (Fsp3) is 0.303. The summed E-state index contributed by atoms with van der Waals surface area (Å²) in [7, 11) is 0. The molecule has 4 aromatic rings. The standard InChI is InChI=1S/C33H32N4O/c38-32(33-18-23-15-24(19-33)17-25(16-23)20-33)35-34-21-29-22-37(30-9-5-2-6-10-30)36-31(29)28-13-11-27(12-14-28)26-7-3-1-4-8-26/h1-14,21-25H,15-20H2,(H,35,38)/b34-21+. The molecule has 1 amide bonds. The number of para-hydroxylation sites is 1. The van der Waals surface area contributed by atoms with E-state index in [0.717, 1.165) is 65.1 Å². The molecule has 8 rings (SSSR count). The smallest absolute Gasteiger partial charge is 0.246 e. The molecule has 4 aliphatic carbocycles. The summed E-state index contributed by atoms with van der Waals surface area (Å²) < 4.78 is 1.88. The van der Waals surface area contributed by atoms with E-state index in [0.29, 0.717) is 0 Å². The number of carbonyl (C=O) groups is 1. The molecule has 0 atom stereocenters. The summed E-state index contributed by atoms with van der Waals surface area (Å²) in [5, 5.41) is 9.40. The highest BCUT2D eigenvalue weighted by Crippen LogP contribution is 2.60. The van der Waals surface area contributed by atoms with Gasteiger partial charge in [-0.3, -0.25) is 4.79 Å². The molecule has 0 saturated heterocycles. The number of hydrogen-bond acceptors (Lipinski definition) is 3. The number of nitrogens with one attached hydrogen (secondary N) is 1. The molecule has 5 nitrogen and oxygen atoms in total. The van der Waals surface area contributed by atoms with Gasteiger partial charge in [0.05, 0.1) is 17.3 Å². The fourth-order valence-electron chi connectivity index (χ4n) is 7.54. The Morgan fingerprint density at radius 3 is 1.97 bits per heavy atom. The molecule has 3 aromatic carbocycles. The lowest BCUT2D eigenvalue weighted by atomic mass is 9.49. The van der Waals surface area contributed by atoms with Crippen LogP contribution in [0.25, 0.3) is 28.1 Å². The van der Waals surface area contributed by atoms with Crippen LogP contribution in [0.1, 0.15) is 44.1 Å². The fourth-order valence-corrected chi connectivity index (χ4v) is 7.54. The predicted molar refractivity (Wildman–Crippen MR) is 151 cm³/mol. The van der Waals surface area contributed by atoms with E-state index in [2.05, 4.69) is 59.1 Å². The van der Waals surface area contributed by atoms with E-state index in [9.17, 15) is 4.79 Å². The highest BCUT2D eigenvalue weighted by molar-refractivity contribution is 5.90. The van der Waals surface area contributed by atoms with Gasteiger partial charge < -0.3 is 0 Å². The zero-order valence-electron chi connectivity index (χ0n) is 21.5. The average Bonchev–Trinajstić information content (AvgIpc) is 3.37. The Morgan fingerprint density at radius 1 is 0.789 bits per heavy atom. The maximum absolute atomic E-state index is 13.4. The number of rotatable bonds is 6. The summed E-state index contributed by atoms with van der Waals surface area (Å²) in [4.78, 5) is 13.4. The lowest BCUT2D eigenvalue weighted by Crippen LogP contribution is -2.52. The molecule has 0 unspecified atom stereocenters. The monoisotopic (exact) mass is 500 g/mol. The van der Waals surface area contributed by atoms with Crippen LogP contribution in [0.5, 0.6) is 0 Å². The lowest BCUT2D eigenvalue weighted by Gasteiger charge is -2.55. The average molecular weight is 501 g/mol. The first-order chi connectivity index (χ1) is 18.6. The molecule has 1 aromatic heterocycles. The summed E-state index contributed by atoms with van der Waals surface area (Å²) in [5.41, 5.74) is 8.76. The largest absolute Gasteiger partial charge is 0.273 e. The third-order valence-electron chi connectivity index (χ3n) is 8.92. The second-order valence-electron chi connectivity index (χ2n) is 11.6. The summed E-state index contributed by atoms with van der Waals surface area (Å²) in [6.07, 6.45) is 10.8. The number of aromatic nitrogens is 2. The quantitative estimate of drug-likeness (QED) is 0.232. The van der Waals surface area contributed by atoms with Gasteiger partial charge in [-0.15, -0.1) is 0 Å². The molecule has 1 heterocycles. The molecule has 1 N–H and O–H groups in total. The SMILES string of the molecule is O=C(N/N=C/c1cn(-c2ccccc2)nc1-c1ccc(-c2ccccc2)cc1)C12CC3CC(CC(C3)C1)C2. The molecular formula is C33H32N4O. The maximum atomic E-state index is 13.4. The zero-order valence-corrected chi connectivity index (χ0v) is 21.5.